The van der Waals surface area contributed by atoms with Crippen LogP contribution >= 0.6 is 0 Å². The lowest BCUT2D eigenvalue weighted by molar-refractivity contribution is 0.102. The Kier molecular flexibility index (Phi) is 5.20. The second-order valence-electron chi connectivity index (χ2n) is 6.65. The van der Waals surface area contributed by atoms with Crippen molar-refractivity contribution in [2.75, 3.05) is 12.4 Å². The van der Waals surface area contributed by atoms with E-state index in [-0.39, 0.29) is 5.91 Å². The van der Waals surface area contributed by atoms with Gasteiger partial charge in [-0.25, -0.2) is 0 Å². The summed E-state index contributed by atoms with van der Waals surface area (Å²) in [6.07, 6.45) is 0. The molecule has 0 spiro atoms. The van der Waals surface area contributed by atoms with Crippen LogP contribution in [0.1, 0.15) is 21.7 Å². The maximum Gasteiger partial charge on any atom is 0.259 e. The van der Waals surface area contributed by atoms with Gasteiger partial charge in [0, 0.05) is 17.1 Å². The molecule has 0 saturated carbocycles. The van der Waals surface area contributed by atoms with E-state index in [4.69, 9.17) is 13.9 Å². The lowest BCUT2D eigenvalue weighted by Gasteiger charge is -2.08. The summed E-state index contributed by atoms with van der Waals surface area (Å²) in [7, 11) is 1.59. The molecule has 4 rings (SSSR count). The lowest BCUT2D eigenvalue weighted by atomic mass is 10.1. The molecule has 0 radical (unpaired) electrons. The van der Waals surface area contributed by atoms with Gasteiger partial charge in [0.1, 0.15) is 29.4 Å². The first kappa shape index (κ1) is 18.6. The molecule has 5 nitrogen and oxygen atoms in total. The number of anilines is 1. The van der Waals surface area contributed by atoms with E-state index in [0.29, 0.717) is 46.1 Å². The Labute approximate surface area is 168 Å². The molecule has 1 N–H and O–H groups in total. The zero-order chi connectivity index (χ0) is 20.2. The standard InChI is InChI=1S/C24H21NO4/c1-16-23(24(26)25-18-9-6-10-19(13-18)27-2)21-14-20(11-12-22(21)29-16)28-15-17-7-4-3-5-8-17/h3-14H,15H2,1-2H3,(H,25,26). The maximum atomic E-state index is 12.9. The molecule has 1 amide bonds. The molecular weight excluding hydrogens is 366 g/mol. The second kappa shape index (κ2) is 8.10. The molecule has 0 saturated heterocycles. The van der Waals surface area contributed by atoms with Crippen molar-refractivity contribution in [3.05, 3.63) is 89.7 Å². The molecule has 1 aromatic heterocycles. The molecule has 0 bridgehead atoms. The van der Waals surface area contributed by atoms with Gasteiger partial charge in [0.25, 0.3) is 5.91 Å². The number of nitrogens with one attached hydrogen (secondary N) is 1. The summed E-state index contributed by atoms with van der Waals surface area (Å²) in [6.45, 7) is 2.24. The van der Waals surface area contributed by atoms with Crippen molar-refractivity contribution in [3.63, 3.8) is 0 Å². The van der Waals surface area contributed by atoms with Gasteiger partial charge in [0.2, 0.25) is 0 Å². The van der Waals surface area contributed by atoms with Crippen LogP contribution in [-0.2, 0) is 6.61 Å². The Morgan fingerprint density at radius 1 is 0.966 bits per heavy atom. The Hall–Kier alpha value is -3.73. The van der Waals surface area contributed by atoms with E-state index in [1.165, 1.54) is 0 Å². The summed E-state index contributed by atoms with van der Waals surface area (Å²) in [5.41, 5.74) is 2.87. The highest BCUT2D eigenvalue weighted by molar-refractivity contribution is 6.13. The van der Waals surface area contributed by atoms with Crippen molar-refractivity contribution in [1.29, 1.82) is 0 Å². The average molecular weight is 387 g/mol. The first-order chi connectivity index (χ1) is 14.1. The fraction of sp³-hybridized carbons (Fsp3) is 0.125. The molecule has 146 valence electrons. The quantitative estimate of drug-likeness (QED) is 0.469. The van der Waals surface area contributed by atoms with E-state index < -0.39 is 0 Å². The van der Waals surface area contributed by atoms with Crippen LogP contribution in [0.2, 0.25) is 0 Å². The Bertz CT molecular complexity index is 1150. The average Bonchev–Trinajstić information content (AvgIpc) is 3.08. The number of carbonyl (C=O) groups is 1. The van der Waals surface area contributed by atoms with Crippen molar-refractivity contribution in [2.24, 2.45) is 0 Å². The summed E-state index contributed by atoms with van der Waals surface area (Å²) >= 11 is 0. The van der Waals surface area contributed by atoms with E-state index >= 15 is 0 Å². The SMILES string of the molecule is COc1cccc(NC(=O)c2c(C)oc3ccc(OCc4ccccc4)cc23)c1. The van der Waals surface area contributed by atoms with Gasteiger partial charge in [-0.1, -0.05) is 36.4 Å². The number of hydrogen-bond acceptors (Lipinski definition) is 4. The predicted octanol–water partition coefficient (Wildman–Crippen LogP) is 5.58. The minimum Gasteiger partial charge on any atom is -0.497 e. The van der Waals surface area contributed by atoms with Crippen LogP contribution in [0.5, 0.6) is 11.5 Å². The number of methoxy groups -OCH3 is 1. The van der Waals surface area contributed by atoms with Gasteiger partial charge in [-0.3, -0.25) is 4.79 Å². The molecule has 3 aromatic carbocycles. The topological polar surface area (TPSA) is 60.7 Å². The molecule has 0 aliphatic heterocycles. The lowest BCUT2D eigenvalue weighted by Crippen LogP contribution is -2.12. The molecule has 1 heterocycles. The van der Waals surface area contributed by atoms with E-state index in [2.05, 4.69) is 5.32 Å². The van der Waals surface area contributed by atoms with Crippen molar-refractivity contribution in [2.45, 2.75) is 13.5 Å². The summed E-state index contributed by atoms with van der Waals surface area (Å²) in [4.78, 5) is 12.9. The third-order valence-electron chi connectivity index (χ3n) is 4.64. The molecule has 29 heavy (non-hydrogen) atoms. The third-order valence-corrected chi connectivity index (χ3v) is 4.64. The third kappa shape index (κ3) is 4.09. The van der Waals surface area contributed by atoms with Gasteiger partial charge in [-0.2, -0.15) is 0 Å². The predicted molar refractivity (Wildman–Crippen MR) is 113 cm³/mol. The van der Waals surface area contributed by atoms with Crippen LogP contribution < -0.4 is 14.8 Å². The summed E-state index contributed by atoms with van der Waals surface area (Å²) in [5.74, 6) is 1.67. The van der Waals surface area contributed by atoms with Crippen LogP contribution in [0.15, 0.2) is 77.2 Å². The monoisotopic (exact) mass is 387 g/mol. The van der Waals surface area contributed by atoms with E-state index in [1.807, 2.05) is 66.7 Å². The molecule has 5 heteroatoms. The summed E-state index contributed by atoms with van der Waals surface area (Å²) in [5, 5.41) is 3.63. The first-order valence-electron chi connectivity index (χ1n) is 9.29. The fourth-order valence-corrected chi connectivity index (χ4v) is 3.21. The molecule has 0 unspecified atom stereocenters. The van der Waals surface area contributed by atoms with Crippen LogP contribution in [0.4, 0.5) is 5.69 Å². The number of fused-ring (bicyclic) bond motifs is 1. The Balaban J connectivity index is 1.59. The number of furan rings is 1. The summed E-state index contributed by atoms with van der Waals surface area (Å²) < 4.78 is 16.9. The van der Waals surface area contributed by atoms with Crippen LogP contribution in [-0.4, -0.2) is 13.0 Å². The van der Waals surface area contributed by atoms with Crippen LogP contribution in [0.25, 0.3) is 11.0 Å². The van der Waals surface area contributed by atoms with Gasteiger partial charge in [-0.15, -0.1) is 0 Å². The first-order valence-corrected chi connectivity index (χ1v) is 9.29. The van der Waals surface area contributed by atoms with Crippen LogP contribution in [0.3, 0.4) is 0 Å². The zero-order valence-corrected chi connectivity index (χ0v) is 16.3. The van der Waals surface area contributed by atoms with Gasteiger partial charge >= 0.3 is 0 Å². The van der Waals surface area contributed by atoms with Gasteiger partial charge in [0.05, 0.1) is 12.7 Å². The number of benzene rings is 3. The molecular formula is C24H21NO4. The van der Waals surface area contributed by atoms with Crippen molar-refractivity contribution >= 4 is 22.6 Å². The molecule has 0 aliphatic rings. The maximum absolute atomic E-state index is 12.9. The Morgan fingerprint density at radius 2 is 1.79 bits per heavy atom. The van der Waals surface area contributed by atoms with Gasteiger partial charge < -0.3 is 19.2 Å². The highest BCUT2D eigenvalue weighted by Gasteiger charge is 2.19. The molecule has 0 aliphatic carbocycles. The van der Waals surface area contributed by atoms with Gasteiger partial charge in [-0.05, 0) is 42.8 Å². The molecule has 4 aromatic rings. The highest BCUT2D eigenvalue weighted by atomic mass is 16.5. The number of hydrogen-bond donors (Lipinski definition) is 1. The molecule has 0 fully saturated rings. The largest absolute Gasteiger partial charge is 0.497 e. The highest BCUT2D eigenvalue weighted by Crippen LogP contribution is 2.30. The second-order valence-corrected chi connectivity index (χ2v) is 6.65. The number of rotatable bonds is 6. The van der Waals surface area contributed by atoms with Crippen molar-refractivity contribution in [3.8, 4) is 11.5 Å². The zero-order valence-electron chi connectivity index (χ0n) is 16.3. The Morgan fingerprint density at radius 3 is 2.59 bits per heavy atom. The van der Waals surface area contributed by atoms with Crippen molar-refractivity contribution in [1.82, 2.24) is 0 Å². The van der Waals surface area contributed by atoms with E-state index in [1.54, 1.807) is 20.1 Å². The normalized spacial score (nSPS) is 10.7. The van der Waals surface area contributed by atoms with Gasteiger partial charge in [0.15, 0.2) is 0 Å². The smallest absolute Gasteiger partial charge is 0.259 e. The van der Waals surface area contributed by atoms with E-state index in [0.717, 1.165) is 5.56 Å². The number of amides is 1. The number of carbonyl (C=O) groups excluding carboxylic acids is 1. The number of ether oxygens (including phenoxy) is 2. The fourth-order valence-electron chi connectivity index (χ4n) is 3.21. The summed E-state index contributed by atoms with van der Waals surface area (Å²) in [6, 6.07) is 22.7. The minimum atomic E-state index is -0.241. The molecule has 0 atom stereocenters. The number of aryl methyl sites for hydroxylation is 1. The minimum absolute atomic E-state index is 0.241. The van der Waals surface area contributed by atoms with Crippen LogP contribution in [0, 0.1) is 6.92 Å². The van der Waals surface area contributed by atoms with Crippen molar-refractivity contribution < 1.29 is 18.7 Å². The van der Waals surface area contributed by atoms with E-state index in [9.17, 15) is 4.79 Å².